The lowest BCUT2D eigenvalue weighted by Gasteiger charge is -2.18. The Balaban J connectivity index is 1.25. The lowest BCUT2D eigenvalue weighted by atomic mass is 10.1. The van der Waals surface area contributed by atoms with Crippen LogP contribution < -0.4 is 19.5 Å². The zero-order valence-corrected chi connectivity index (χ0v) is 22.8. The van der Waals surface area contributed by atoms with Gasteiger partial charge >= 0.3 is 0 Å². The maximum absolute atomic E-state index is 12.9. The molecule has 1 amide bonds. The molecule has 0 fully saturated rings. The van der Waals surface area contributed by atoms with Crippen molar-refractivity contribution in [3.05, 3.63) is 95.5 Å². The van der Waals surface area contributed by atoms with Gasteiger partial charge in [-0.2, -0.15) is 5.10 Å². The summed E-state index contributed by atoms with van der Waals surface area (Å²) in [7, 11) is 1.65. The molecule has 200 valence electrons. The Kier molecular flexibility index (Phi) is 7.03. The van der Waals surface area contributed by atoms with E-state index in [4.69, 9.17) is 19.3 Å². The molecular formula is C31H26N4O4S. The second-order valence-corrected chi connectivity index (χ2v) is 9.97. The number of nitrogens with one attached hydrogen (secondary N) is 1. The number of amides is 1. The minimum atomic E-state index is -0.285. The van der Waals surface area contributed by atoms with Gasteiger partial charge < -0.3 is 14.2 Å². The van der Waals surface area contributed by atoms with E-state index in [-0.39, 0.29) is 5.91 Å². The van der Waals surface area contributed by atoms with Crippen molar-refractivity contribution in [3.8, 4) is 45.5 Å². The fourth-order valence-electron chi connectivity index (χ4n) is 4.45. The lowest BCUT2D eigenvalue weighted by Crippen LogP contribution is -2.15. The van der Waals surface area contributed by atoms with Crippen LogP contribution in [0.3, 0.4) is 0 Å². The van der Waals surface area contributed by atoms with Crippen LogP contribution in [0.15, 0.2) is 84.4 Å². The van der Waals surface area contributed by atoms with Crippen LogP contribution in [-0.4, -0.2) is 41.0 Å². The van der Waals surface area contributed by atoms with Crippen molar-refractivity contribution in [3.63, 3.8) is 0 Å². The number of thiazole rings is 1. The molecule has 6 rings (SSSR count). The summed E-state index contributed by atoms with van der Waals surface area (Å²) in [5.41, 5.74) is 6.04. The molecule has 8 nitrogen and oxygen atoms in total. The van der Waals surface area contributed by atoms with Crippen LogP contribution in [0.2, 0.25) is 0 Å². The molecule has 0 aliphatic carbocycles. The highest BCUT2D eigenvalue weighted by atomic mass is 32.1. The fourth-order valence-corrected chi connectivity index (χ4v) is 5.17. The molecule has 3 aromatic carbocycles. The number of hydrogen-bond donors (Lipinski definition) is 1. The SMILES string of the molecule is COc1ccc(-c2csc(NC(=O)/C=C/c3cn(-c4ccccc4)nc3-c3ccc4c(c3)OCCO4)n2)cc1C. The molecule has 1 aliphatic rings. The number of ether oxygens (including phenoxy) is 3. The monoisotopic (exact) mass is 550 g/mol. The Morgan fingerprint density at radius 2 is 1.82 bits per heavy atom. The number of benzene rings is 3. The summed E-state index contributed by atoms with van der Waals surface area (Å²) >= 11 is 1.37. The van der Waals surface area contributed by atoms with Gasteiger partial charge in [-0.3, -0.25) is 10.1 Å². The van der Waals surface area contributed by atoms with Crippen LogP contribution in [0.5, 0.6) is 17.2 Å². The van der Waals surface area contributed by atoms with Crippen molar-refractivity contribution >= 4 is 28.5 Å². The van der Waals surface area contributed by atoms with E-state index in [2.05, 4.69) is 10.3 Å². The first kappa shape index (κ1) is 25.4. The number of carbonyl (C=O) groups excluding carboxylic acids is 1. The summed E-state index contributed by atoms with van der Waals surface area (Å²) in [5.74, 6) is 1.93. The molecule has 9 heteroatoms. The molecule has 0 radical (unpaired) electrons. The number of nitrogens with zero attached hydrogens (tertiary/aromatic N) is 3. The van der Waals surface area contributed by atoms with Crippen LogP contribution >= 0.6 is 11.3 Å². The molecule has 3 heterocycles. The molecule has 1 N–H and O–H groups in total. The molecule has 2 aromatic heterocycles. The Morgan fingerprint density at radius 1 is 1.02 bits per heavy atom. The van der Waals surface area contributed by atoms with Crippen molar-refractivity contribution in [2.75, 3.05) is 25.6 Å². The second kappa shape index (κ2) is 11.1. The largest absolute Gasteiger partial charge is 0.496 e. The summed E-state index contributed by atoms with van der Waals surface area (Å²) in [6.45, 7) is 3.01. The molecule has 0 atom stereocenters. The highest BCUT2D eigenvalue weighted by Gasteiger charge is 2.17. The van der Waals surface area contributed by atoms with Gasteiger partial charge in [0.2, 0.25) is 5.91 Å². The van der Waals surface area contributed by atoms with Gasteiger partial charge in [0.15, 0.2) is 16.6 Å². The number of aryl methyl sites for hydroxylation is 1. The van der Waals surface area contributed by atoms with E-state index < -0.39 is 0 Å². The van der Waals surface area contributed by atoms with E-state index in [9.17, 15) is 4.79 Å². The maximum atomic E-state index is 12.9. The van der Waals surface area contributed by atoms with Gasteiger partial charge in [0, 0.05) is 34.3 Å². The highest BCUT2D eigenvalue weighted by Crippen LogP contribution is 2.36. The molecule has 0 saturated carbocycles. The van der Waals surface area contributed by atoms with Crippen molar-refractivity contribution in [1.29, 1.82) is 0 Å². The van der Waals surface area contributed by atoms with E-state index >= 15 is 0 Å². The van der Waals surface area contributed by atoms with E-state index in [0.29, 0.717) is 29.8 Å². The van der Waals surface area contributed by atoms with Crippen LogP contribution in [0.25, 0.3) is 34.3 Å². The fraction of sp³-hybridized carbons (Fsp3) is 0.129. The van der Waals surface area contributed by atoms with Crippen LogP contribution in [0, 0.1) is 6.92 Å². The molecule has 0 bridgehead atoms. The average molecular weight is 551 g/mol. The molecule has 5 aromatic rings. The van der Waals surface area contributed by atoms with Gasteiger partial charge in [0.25, 0.3) is 0 Å². The zero-order valence-electron chi connectivity index (χ0n) is 22.0. The first-order valence-corrected chi connectivity index (χ1v) is 13.6. The average Bonchev–Trinajstić information content (AvgIpc) is 3.64. The zero-order chi connectivity index (χ0) is 27.5. The van der Waals surface area contributed by atoms with Crippen molar-refractivity contribution in [2.24, 2.45) is 0 Å². The molecule has 1 aliphatic heterocycles. The predicted molar refractivity (Wildman–Crippen MR) is 156 cm³/mol. The standard InChI is InChI=1S/C31H26N4O4S/c1-20-16-21(8-11-26(20)37-2)25-19-40-31(32-25)33-29(36)13-10-23-18-35(24-6-4-3-5-7-24)34-30(23)22-9-12-27-28(17-22)39-15-14-38-27/h3-13,16-19H,14-15H2,1-2H3,(H,32,33,36)/b13-10+. The normalized spacial score (nSPS) is 12.4. The van der Waals surface area contributed by atoms with Crippen molar-refractivity contribution in [2.45, 2.75) is 6.92 Å². The minimum absolute atomic E-state index is 0.285. The van der Waals surface area contributed by atoms with Gasteiger partial charge in [-0.05, 0) is 67.1 Å². The third kappa shape index (κ3) is 5.32. The van der Waals surface area contributed by atoms with Crippen molar-refractivity contribution < 1.29 is 19.0 Å². The summed E-state index contributed by atoms with van der Waals surface area (Å²) in [4.78, 5) is 17.5. The molecule has 40 heavy (non-hydrogen) atoms. The van der Waals surface area contributed by atoms with Crippen LogP contribution in [0.1, 0.15) is 11.1 Å². The number of anilines is 1. The molecular weight excluding hydrogens is 524 g/mol. The predicted octanol–water partition coefficient (Wildman–Crippen LogP) is 6.40. The summed E-state index contributed by atoms with van der Waals surface area (Å²) in [6.07, 6.45) is 5.15. The highest BCUT2D eigenvalue weighted by molar-refractivity contribution is 7.14. The van der Waals surface area contributed by atoms with Gasteiger partial charge in [0.1, 0.15) is 24.7 Å². The maximum Gasteiger partial charge on any atom is 0.250 e. The Hall–Kier alpha value is -4.89. The number of fused-ring (bicyclic) bond motifs is 1. The number of rotatable bonds is 7. The van der Waals surface area contributed by atoms with E-state index in [0.717, 1.165) is 45.1 Å². The third-order valence-electron chi connectivity index (χ3n) is 6.42. The van der Waals surface area contributed by atoms with Gasteiger partial charge in [-0.15, -0.1) is 11.3 Å². The van der Waals surface area contributed by atoms with E-state index in [1.165, 1.54) is 17.4 Å². The summed E-state index contributed by atoms with van der Waals surface area (Å²) in [6, 6.07) is 21.5. The molecule has 0 spiro atoms. The molecule has 0 saturated heterocycles. The molecule has 0 unspecified atom stereocenters. The van der Waals surface area contributed by atoms with Gasteiger partial charge in [-0.1, -0.05) is 18.2 Å². The minimum Gasteiger partial charge on any atom is -0.496 e. The topological polar surface area (TPSA) is 87.5 Å². The Bertz CT molecular complexity index is 1710. The Labute approximate surface area is 235 Å². The number of carbonyl (C=O) groups is 1. The number of methoxy groups -OCH3 is 1. The number of para-hydroxylation sites is 1. The first-order valence-electron chi connectivity index (χ1n) is 12.7. The van der Waals surface area contributed by atoms with Crippen LogP contribution in [0.4, 0.5) is 5.13 Å². The van der Waals surface area contributed by atoms with Gasteiger partial charge in [0.05, 0.1) is 18.5 Å². The number of hydrogen-bond acceptors (Lipinski definition) is 7. The second-order valence-electron chi connectivity index (χ2n) is 9.12. The van der Waals surface area contributed by atoms with E-state index in [1.807, 2.05) is 85.2 Å². The Morgan fingerprint density at radius 3 is 2.62 bits per heavy atom. The smallest absolute Gasteiger partial charge is 0.250 e. The van der Waals surface area contributed by atoms with Gasteiger partial charge in [-0.25, -0.2) is 9.67 Å². The third-order valence-corrected chi connectivity index (χ3v) is 7.18. The lowest BCUT2D eigenvalue weighted by molar-refractivity contribution is -0.111. The van der Waals surface area contributed by atoms with Crippen molar-refractivity contribution in [1.82, 2.24) is 14.8 Å². The number of aromatic nitrogens is 3. The van der Waals surface area contributed by atoms with E-state index in [1.54, 1.807) is 17.9 Å². The summed E-state index contributed by atoms with van der Waals surface area (Å²) < 4.78 is 18.6. The summed E-state index contributed by atoms with van der Waals surface area (Å²) in [5, 5.41) is 10.1. The first-order chi connectivity index (χ1) is 19.6. The van der Waals surface area contributed by atoms with Crippen LogP contribution in [-0.2, 0) is 4.79 Å². The quantitative estimate of drug-likeness (QED) is 0.236.